The second-order valence-corrected chi connectivity index (χ2v) is 2.72. The molecule has 0 amide bonds. The van der Waals surface area contributed by atoms with Gasteiger partial charge in [-0.1, -0.05) is 0 Å². The average Bonchev–Trinajstić information content (AvgIpc) is 2.15. The number of hydrogen-bond acceptors (Lipinski definition) is 3. The molecule has 0 unspecified atom stereocenters. The van der Waals surface area contributed by atoms with E-state index in [0.717, 1.165) is 11.3 Å². The first-order valence-corrected chi connectivity index (χ1v) is 4.05. The van der Waals surface area contributed by atoms with E-state index in [9.17, 15) is 0 Å². The van der Waals surface area contributed by atoms with Crippen molar-refractivity contribution in [1.82, 2.24) is 4.98 Å². The summed E-state index contributed by atoms with van der Waals surface area (Å²) in [4.78, 5) is 7.96. The molecule has 0 bridgehead atoms. The van der Waals surface area contributed by atoms with E-state index in [4.69, 9.17) is 5.73 Å². The van der Waals surface area contributed by atoms with Gasteiger partial charge in [0, 0.05) is 36.4 Å². The quantitative estimate of drug-likeness (QED) is 0.690. The maximum atomic E-state index is 5.76. The molecule has 0 aliphatic carbocycles. The number of aryl methyl sites for hydroxylation is 1. The number of allylic oxidation sites excluding steroid dienone is 1. The molecule has 0 saturated heterocycles. The number of nitrogens with zero attached hydrogens (tertiary/aromatic N) is 2. The second kappa shape index (κ2) is 4.40. The van der Waals surface area contributed by atoms with Crippen molar-refractivity contribution in [2.24, 2.45) is 10.7 Å². The van der Waals surface area contributed by atoms with E-state index in [1.165, 1.54) is 0 Å². The van der Waals surface area contributed by atoms with Crippen LogP contribution in [0, 0.1) is 6.92 Å². The summed E-state index contributed by atoms with van der Waals surface area (Å²) in [7, 11) is 1.71. The molecular formula is C10H13N3. The largest absolute Gasteiger partial charge is 0.398 e. The van der Waals surface area contributed by atoms with Crippen LogP contribution in [0.1, 0.15) is 11.3 Å². The third kappa shape index (κ3) is 2.71. The predicted molar refractivity (Wildman–Crippen MR) is 55.6 cm³/mol. The molecule has 0 saturated carbocycles. The number of aliphatic imine (C=N–C) groups is 1. The Bertz CT molecular complexity index is 323. The molecule has 1 rings (SSSR count). The average molecular weight is 175 g/mol. The van der Waals surface area contributed by atoms with Crippen LogP contribution >= 0.6 is 0 Å². The second-order valence-electron chi connectivity index (χ2n) is 2.72. The minimum Gasteiger partial charge on any atom is -0.398 e. The van der Waals surface area contributed by atoms with Gasteiger partial charge >= 0.3 is 0 Å². The highest BCUT2D eigenvalue weighted by Crippen LogP contribution is 2.06. The zero-order chi connectivity index (χ0) is 9.68. The molecule has 1 aromatic heterocycles. The molecule has 0 radical (unpaired) electrons. The number of hydrogen-bond donors (Lipinski definition) is 1. The van der Waals surface area contributed by atoms with Gasteiger partial charge in [0.2, 0.25) is 0 Å². The van der Waals surface area contributed by atoms with Crippen molar-refractivity contribution in [2.45, 2.75) is 6.92 Å². The lowest BCUT2D eigenvalue weighted by Crippen LogP contribution is -1.97. The molecule has 0 spiro atoms. The Balaban J connectivity index is 2.89. The van der Waals surface area contributed by atoms with Gasteiger partial charge in [0.25, 0.3) is 0 Å². The minimum atomic E-state index is 0.679. The van der Waals surface area contributed by atoms with Crippen molar-refractivity contribution in [3.63, 3.8) is 0 Å². The van der Waals surface area contributed by atoms with Crippen molar-refractivity contribution >= 4 is 11.9 Å². The Labute approximate surface area is 78.0 Å². The molecule has 3 nitrogen and oxygen atoms in total. The summed E-state index contributed by atoms with van der Waals surface area (Å²) in [5.41, 5.74) is 8.35. The van der Waals surface area contributed by atoms with Gasteiger partial charge in [0.15, 0.2) is 0 Å². The number of pyridine rings is 1. The third-order valence-corrected chi connectivity index (χ3v) is 1.65. The first-order valence-electron chi connectivity index (χ1n) is 4.05. The van der Waals surface area contributed by atoms with Crippen molar-refractivity contribution < 1.29 is 0 Å². The maximum Gasteiger partial charge on any atom is 0.0418 e. The highest BCUT2D eigenvalue weighted by Gasteiger charge is 1.94. The van der Waals surface area contributed by atoms with Crippen molar-refractivity contribution in [1.29, 1.82) is 0 Å². The fraction of sp³-hybridized carbons (Fsp3) is 0.200. The van der Waals surface area contributed by atoms with Gasteiger partial charge in [-0.15, -0.1) is 0 Å². The Hall–Kier alpha value is -1.64. The van der Waals surface area contributed by atoms with E-state index in [2.05, 4.69) is 9.98 Å². The fourth-order valence-electron chi connectivity index (χ4n) is 0.890. The topological polar surface area (TPSA) is 51.3 Å². The first kappa shape index (κ1) is 9.45. The molecule has 0 aliphatic rings. The van der Waals surface area contributed by atoms with Crippen LogP contribution in [0.4, 0.5) is 0 Å². The molecule has 3 heteroatoms. The van der Waals surface area contributed by atoms with Crippen molar-refractivity contribution in [3.05, 3.63) is 35.7 Å². The number of aromatic nitrogens is 1. The third-order valence-electron chi connectivity index (χ3n) is 1.65. The van der Waals surface area contributed by atoms with E-state index in [1.807, 2.05) is 19.1 Å². The Morgan fingerprint density at radius 2 is 2.31 bits per heavy atom. The summed E-state index contributed by atoms with van der Waals surface area (Å²) in [5, 5.41) is 0. The van der Waals surface area contributed by atoms with E-state index >= 15 is 0 Å². The Morgan fingerprint density at radius 1 is 1.54 bits per heavy atom. The van der Waals surface area contributed by atoms with Crippen LogP contribution in [-0.4, -0.2) is 18.2 Å². The molecule has 0 aliphatic heterocycles. The van der Waals surface area contributed by atoms with Crippen molar-refractivity contribution in [2.75, 3.05) is 7.05 Å². The van der Waals surface area contributed by atoms with E-state index in [-0.39, 0.29) is 0 Å². The minimum absolute atomic E-state index is 0.679. The van der Waals surface area contributed by atoms with Gasteiger partial charge in [-0.3, -0.25) is 9.98 Å². The first-order chi connectivity index (χ1) is 6.24. The molecule has 68 valence electrons. The van der Waals surface area contributed by atoms with E-state index < -0.39 is 0 Å². The van der Waals surface area contributed by atoms with E-state index in [0.29, 0.717) is 5.70 Å². The lowest BCUT2D eigenvalue weighted by Gasteiger charge is -1.99. The Morgan fingerprint density at radius 3 is 2.85 bits per heavy atom. The maximum absolute atomic E-state index is 5.76. The molecule has 0 aromatic carbocycles. The Kier molecular flexibility index (Phi) is 3.20. The zero-order valence-electron chi connectivity index (χ0n) is 7.86. The molecule has 13 heavy (non-hydrogen) atoms. The summed E-state index contributed by atoms with van der Waals surface area (Å²) in [6.07, 6.45) is 5.17. The molecular weight excluding hydrogens is 162 g/mol. The van der Waals surface area contributed by atoms with Crippen LogP contribution < -0.4 is 5.73 Å². The number of rotatable bonds is 2. The molecule has 0 fully saturated rings. The molecule has 1 heterocycles. The van der Waals surface area contributed by atoms with Gasteiger partial charge in [0.05, 0.1) is 0 Å². The lowest BCUT2D eigenvalue weighted by molar-refractivity contribution is 1.19. The van der Waals surface area contributed by atoms with Crippen LogP contribution in [0.2, 0.25) is 0 Å². The highest BCUT2D eigenvalue weighted by molar-refractivity contribution is 5.82. The summed E-state index contributed by atoms with van der Waals surface area (Å²) in [6.45, 7) is 1.94. The van der Waals surface area contributed by atoms with Gasteiger partial charge in [0.1, 0.15) is 0 Å². The smallest absolute Gasteiger partial charge is 0.0418 e. The van der Waals surface area contributed by atoms with Crippen LogP contribution in [0.5, 0.6) is 0 Å². The fourth-order valence-corrected chi connectivity index (χ4v) is 0.890. The summed E-state index contributed by atoms with van der Waals surface area (Å²) >= 11 is 0. The molecule has 2 N–H and O–H groups in total. The lowest BCUT2D eigenvalue weighted by atomic mass is 10.2. The van der Waals surface area contributed by atoms with Gasteiger partial charge in [-0.25, -0.2) is 0 Å². The molecule has 0 atom stereocenters. The normalized spacial score (nSPS) is 12.3. The van der Waals surface area contributed by atoms with Crippen LogP contribution in [0.15, 0.2) is 29.4 Å². The van der Waals surface area contributed by atoms with Gasteiger partial charge in [-0.2, -0.15) is 0 Å². The monoisotopic (exact) mass is 175 g/mol. The number of nitrogens with two attached hydrogens (primary N) is 1. The highest BCUT2D eigenvalue weighted by atomic mass is 14.7. The van der Waals surface area contributed by atoms with E-state index in [1.54, 1.807) is 25.5 Å². The zero-order valence-corrected chi connectivity index (χ0v) is 7.86. The molecule has 1 aromatic rings. The predicted octanol–water partition coefficient (Wildman–Crippen LogP) is 1.39. The van der Waals surface area contributed by atoms with Crippen LogP contribution in [0.3, 0.4) is 0 Å². The van der Waals surface area contributed by atoms with Gasteiger partial charge in [-0.05, 0) is 25.1 Å². The summed E-state index contributed by atoms with van der Waals surface area (Å²) in [5.74, 6) is 0. The summed E-state index contributed by atoms with van der Waals surface area (Å²) in [6, 6.07) is 3.87. The van der Waals surface area contributed by atoms with Crippen molar-refractivity contribution in [3.8, 4) is 0 Å². The summed E-state index contributed by atoms with van der Waals surface area (Å²) < 4.78 is 0. The van der Waals surface area contributed by atoms with Crippen LogP contribution in [0.25, 0.3) is 5.70 Å². The van der Waals surface area contributed by atoms with Crippen LogP contribution in [-0.2, 0) is 0 Å². The standard InChI is InChI=1S/C10H13N3/c1-8-3-4-9(7-13-8)10(11)5-6-12-2/h3-7H,11H2,1-2H3. The van der Waals surface area contributed by atoms with Gasteiger partial charge < -0.3 is 5.73 Å². The SMILES string of the molecule is CN=CC=C(N)c1ccc(C)nc1.